The third kappa shape index (κ3) is 4.19. The lowest BCUT2D eigenvalue weighted by Gasteiger charge is -1.97. The van der Waals surface area contributed by atoms with E-state index in [0.29, 0.717) is 5.56 Å². The molecule has 3 nitrogen and oxygen atoms in total. The van der Waals surface area contributed by atoms with Gasteiger partial charge in [-0.1, -0.05) is 11.8 Å². The monoisotopic (exact) mass is 229 g/mol. The van der Waals surface area contributed by atoms with Crippen LogP contribution in [-0.4, -0.2) is 11.1 Å². The van der Waals surface area contributed by atoms with E-state index in [2.05, 4.69) is 11.8 Å². The third-order valence-electron chi connectivity index (χ3n) is 1.80. The number of nitriles is 1. The Bertz CT molecular complexity index is 559. The molecule has 1 N–H and O–H groups in total. The van der Waals surface area contributed by atoms with Crippen molar-refractivity contribution in [2.24, 2.45) is 0 Å². The average molecular weight is 229 g/mol. The first kappa shape index (κ1) is 12.5. The van der Waals surface area contributed by atoms with Crippen molar-refractivity contribution in [2.75, 3.05) is 0 Å². The van der Waals surface area contributed by atoms with Crippen LogP contribution in [0.2, 0.25) is 0 Å². The molecule has 0 radical (unpaired) electrons. The SMILES string of the molecule is N#CCC#Cc1ccc(F)c(/C=C/C(=O)O)c1. The molecule has 0 aliphatic carbocycles. The Labute approximate surface area is 97.8 Å². The standard InChI is InChI=1S/C13H8FNO2/c14-12-6-4-10(3-1-2-8-15)9-11(12)5-7-13(16)17/h4-7,9H,2H2,(H,16,17)/b7-5+. The minimum atomic E-state index is -1.15. The van der Waals surface area contributed by atoms with Crippen molar-refractivity contribution >= 4 is 12.0 Å². The van der Waals surface area contributed by atoms with E-state index in [-0.39, 0.29) is 12.0 Å². The van der Waals surface area contributed by atoms with Crippen LogP contribution in [0.5, 0.6) is 0 Å². The first-order chi connectivity index (χ1) is 8.13. The van der Waals surface area contributed by atoms with Gasteiger partial charge in [0.25, 0.3) is 0 Å². The average Bonchev–Trinajstić information content (AvgIpc) is 2.29. The van der Waals surface area contributed by atoms with E-state index in [1.54, 1.807) is 0 Å². The largest absolute Gasteiger partial charge is 0.478 e. The molecule has 0 saturated carbocycles. The van der Waals surface area contributed by atoms with Gasteiger partial charge < -0.3 is 5.11 Å². The van der Waals surface area contributed by atoms with Crippen LogP contribution in [0.4, 0.5) is 4.39 Å². The molecule has 4 heteroatoms. The van der Waals surface area contributed by atoms with Crippen molar-refractivity contribution in [3.63, 3.8) is 0 Å². The Kier molecular flexibility index (Phi) is 4.47. The molecular formula is C13H8FNO2. The van der Waals surface area contributed by atoms with Gasteiger partial charge in [0.1, 0.15) is 5.82 Å². The van der Waals surface area contributed by atoms with Crippen molar-refractivity contribution < 1.29 is 14.3 Å². The van der Waals surface area contributed by atoms with E-state index in [1.165, 1.54) is 18.2 Å². The summed E-state index contributed by atoms with van der Waals surface area (Å²) in [6.07, 6.45) is 2.11. The summed E-state index contributed by atoms with van der Waals surface area (Å²) in [7, 11) is 0. The van der Waals surface area contributed by atoms with Crippen LogP contribution < -0.4 is 0 Å². The zero-order valence-electron chi connectivity index (χ0n) is 8.77. The zero-order valence-corrected chi connectivity index (χ0v) is 8.77. The summed E-state index contributed by atoms with van der Waals surface area (Å²) in [4.78, 5) is 10.3. The second-order valence-corrected chi connectivity index (χ2v) is 3.04. The third-order valence-corrected chi connectivity index (χ3v) is 1.80. The first-order valence-electron chi connectivity index (χ1n) is 4.70. The fraction of sp³-hybridized carbons (Fsp3) is 0.0769. The molecule has 0 bridgehead atoms. The van der Waals surface area contributed by atoms with Gasteiger partial charge >= 0.3 is 5.97 Å². The summed E-state index contributed by atoms with van der Waals surface area (Å²) in [5.74, 6) is 3.60. The Hall–Kier alpha value is -2.59. The maximum Gasteiger partial charge on any atom is 0.328 e. The molecule has 17 heavy (non-hydrogen) atoms. The number of benzene rings is 1. The van der Waals surface area contributed by atoms with Crippen LogP contribution in [0, 0.1) is 29.0 Å². The van der Waals surface area contributed by atoms with Crippen molar-refractivity contribution in [3.05, 3.63) is 41.2 Å². The highest BCUT2D eigenvalue weighted by atomic mass is 19.1. The van der Waals surface area contributed by atoms with Gasteiger partial charge in [0, 0.05) is 17.2 Å². The number of rotatable bonds is 2. The van der Waals surface area contributed by atoms with E-state index in [4.69, 9.17) is 10.4 Å². The molecule has 0 spiro atoms. The number of nitrogens with zero attached hydrogens (tertiary/aromatic N) is 1. The topological polar surface area (TPSA) is 61.1 Å². The van der Waals surface area contributed by atoms with E-state index >= 15 is 0 Å². The predicted octanol–water partition coefficient (Wildman–Crippen LogP) is 2.19. The maximum absolute atomic E-state index is 13.3. The molecule has 0 aliphatic rings. The Morgan fingerprint density at radius 3 is 2.94 bits per heavy atom. The Morgan fingerprint density at radius 2 is 2.29 bits per heavy atom. The molecule has 0 amide bonds. The van der Waals surface area contributed by atoms with Gasteiger partial charge in [-0.25, -0.2) is 9.18 Å². The number of carboxylic acids is 1. The van der Waals surface area contributed by atoms with Crippen molar-refractivity contribution in [1.82, 2.24) is 0 Å². The first-order valence-corrected chi connectivity index (χ1v) is 4.70. The van der Waals surface area contributed by atoms with Gasteiger partial charge in [0.15, 0.2) is 0 Å². The smallest absolute Gasteiger partial charge is 0.328 e. The fourth-order valence-corrected chi connectivity index (χ4v) is 1.10. The van der Waals surface area contributed by atoms with Crippen LogP contribution in [0.3, 0.4) is 0 Å². The molecule has 0 saturated heterocycles. The molecule has 0 fully saturated rings. The normalized spacial score (nSPS) is 9.41. The van der Waals surface area contributed by atoms with Crippen LogP contribution in [0.1, 0.15) is 17.5 Å². The molecule has 1 aromatic carbocycles. The minimum absolute atomic E-state index is 0.0949. The van der Waals surface area contributed by atoms with E-state index < -0.39 is 11.8 Å². The number of hydrogen-bond donors (Lipinski definition) is 1. The van der Waals surface area contributed by atoms with E-state index in [1.807, 2.05) is 6.07 Å². The highest BCUT2D eigenvalue weighted by molar-refractivity contribution is 5.85. The van der Waals surface area contributed by atoms with Crippen LogP contribution in [-0.2, 0) is 4.79 Å². The zero-order chi connectivity index (χ0) is 12.7. The van der Waals surface area contributed by atoms with Crippen molar-refractivity contribution in [1.29, 1.82) is 5.26 Å². The molecule has 0 unspecified atom stereocenters. The number of halogens is 1. The number of carboxylic acid groups (broad SMARTS) is 1. The quantitative estimate of drug-likeness (QED) is 0.624. The highest BCUT2D eigenvalue weighted by Crippen LogP contribution is 2.11. The lowest BCUT2D eigenvalue weighted by atomic mass is 10.1. The van der Waals surface area contributed by atoms with Crippen LogP contribution in [0.15, 0.2) is 24.3 Å². The van der Waals surface area contributed by atoms with E-state index in [9.17, 15) is 9.18 Å². The second-order valence-electron chi connectivity index (χ2n) is 3.04. The highest BCUT2D eigenvalue weighted by Gasteiger charge is 1.99. The Balaban J connectivity index is 3.00. The molecule has 0 atom stereocenters. The lowest BCUT2D eigenvalue weighted by molar-refractivity contribution is -0.131. The van der Waals surface area contributed by atoms with E-state index in [0.717, 1.165) is 12.2 Å². The molecule has 0 aromatic heterocycles. The molecule has 1 rings (SSSR count). The molecular weight excluding hydrogens is 221 g/mol. The lowest BCUT2D eigenvalue weighted by Crippen LogP contribution is -1.88. The fourth-order valence-electron chi connectivity index (χ4n) is 1.10. The maximum atomic E-state index is 13.3. The van der Waals surface area contributed by atoms with Gasteiger partial charge in [-0.3, -0.25) is 0 Å². The number of carbonyl (C=O) groups is 1. The summed E-state index contributed by atoms with van der Waals surface area (Å²) in [6, 6.07) is 5.97. The summed E-state index contributed by atoms with van der Waals surface area (Å²) in [5.41, 5.74) is 0.683. The van der Waals surface area contributed by atoms with Crippen LogP contribution in [0.25, 0.3) is 6.08 Å². The van der Waals surface area contributed by atoms with Gasteiger partial charge in [-0.05, 0) is 24.3 Å². The Morgan fingerprint density at radius 1 is 1.53 bits per heavy atom. The molecule has 84 valence electrons. The van der Waals surface area contributed by atoms with Gasteiger partial charge in [0.05, 0.1) is 12.5 Å². The molecule has 1 aromatic rings. The van der Waals surface area contributed by atoms with Crippen molar-refractivity contribution in [2.45, 2.75) is 6.42 Å². The second kappa shape index (κ2) is 6.09. The van der Waals surface area contributed by atoms with Gasteiger partial charge in [-0.2, -0.15) is 5.26 Å². The van der Waals surface area contributed by atoms with Crippen molar-refractivity contribution in [3.8, 4) is 17.9 Å². The molecule has 0 heterocycles. The minimum Gasteiger partial charge on any atom is -0.478 e. The summed E-state index contributed by atoms with van der Waals surface area (Å²) < 4.78 is 13.3. The molecule has 0 aliphatic heterocycles. The van der Waals surface area contributed by atoms with Gasteiger partial charge in [0.2, 0.25) is 0 Å². The number of hydrogen-bond acceptors (Lipinski definition) is 2. The summed E-state index contributed by atoms with van der Waals surface area (Å²) >= 11 is 0. The van der Waals surface area contributed by atoms with Gasteiger partial charge in [-0.15, -0.1) is 0 Å². The summed E-state index contributed by atoms with van der Waals surface area (Å²) in [5, 5.41) is 16.7. The van der Waals surface area contributed by atoms with Crippen LogP contribution >= 0.6 is 0 Å². The summed E-state index contributed by atoms with van der Waals surface area (Å²) in [6.45, 7) is 0. The predicted molar refractivity (Wildman–Crippen MR) is 60.2 cm³/mol. The number of aliphatic carboxylic acids is 1.